The number of alkyl halides is 1. The third kappa shape index (κ3) is 4.48. The summed E-state index contributed by atoms with van der Waals surface area (Å²) in [4.78, 5) is 11.6. The van der Waals surface area contributed by atoms with Crippen molar-refractivity contribution in [1.82, 2.24) is 0 Å². The van der Waals surface area contributed by atoms with Crippen molar-refractivity contribution in [2.75, 3.05) is 19.0 Å². The van der Waals surface area contributed by atoms with Gasteiger partial charge in [0, 0.05) is 12.8 Å². The molecule has 1 aromatic carbocycles. The molecule has 0 radical (unpaired) electrons. The highest BCUT2D eigenvalue weighted by Gasteiger charge is 2.13. The Hall–Kier alpha value is -0.870. The van der Waals surface area contributed by atoms with E-state index < -0.39 is 0 Å². The Labute approximate surface area is 111 Å². The molecule has 0 aliphatic rings. The summed E-state index contributed by atoms with van der Waals surface area (Å²) in [6.45, 7) is 2.62. The number of carbonyl (C=O) groups excluding carboxylic acids is 1. The van der Waals surface area contributed by atoms with Crippen LogP contribution in [0.4, 0.5) is 5.69 Å². The molecule has 1 rings (SSSR count). The first-order valence-electron chi connectivity index (χ1n) is 5.70. The average molecular weight is 300 g/mol. The van der Waals surface area contributed by atoms with Crippen LogP contribution in [0.3, 0.4) is 0 Å². The number of hydrogen-bond acceptors (Lipinski definition) is 2. The number of anilines is 1. The molecule has 1 aromatic rings. The van der Waals surface area contributed by atoms with Crippen LogP contribution in [0.5, 0.6) is 0 Å². The Morgan fingerprint density at radius 2 is 2.18 bits per heavy atom. The molecule has 0 saturated heterocycles. The smallest absolute Gasteiger partial charge is 0.238 e. The summed E-state index contributed by atoms with van der Waals surface area (Å²) < 4.78 is 5.05. The molecule has 0 aliphatic heterocycles. The van der Waals surface area contributed by atoms with Crippen LogP contribution in [0.15, 0.2) is 24.3 Å². The Morgan fingerprint density at radius 1 is 1.47 bits per heavy atom. The highest BCUT2D eigenvalue weighted by Crippen LogP contribution is 2.17. The van der Waals surface area contributed by atoms with Crippen LogP contribution in [-0.2, 0) is 16.0 Å². The van der Waals surface area contributed by atoms with Crippen molar-refractivity contribution in [3.8, 4) is 0 Å². The summed E-state index contributed by atoms with van der Waals surface area (Å²) in [5.41, 5.74) is 1.96. The molecule has 17 heavy (non-hydrogen) atoms. The number of methoxy groups -OCH3 is 1. The third-order valence-electron chi connectivity index (χ3n) is 2.49. The Kier molecular flexibility index (Phi) is 6.22. The number of carbonyl (C=O) groups is 1. The number of halogens is 1. The molecule has 3 nitrogen and oxygen atoms in total. The third-order valence-corrected chi connectivity index (χ3v) is 3.56. The molecule has 1 unspecified atom stereocenters. The van der Waals surface area contributed by atoms with Crippen molar-refractivity contribution in [2.45, 2.75) is 24.6 Å². The summed E-state index contributed by atoms with van der Waals surface area (Å²) >= 11 is 3.34. The fourth-order valence-electron chi connectivity index (χ4n) is 1.47. The second-order valence-corrected chi connectivity index (χ2v) is 4.87. The maximum absolute atomic E-state index is 11.8. The second kappa shape index (κ2) is 7.45. The van der Waals surface area contributed by atoms with E-state index in [9.17, 15) is 4.79 Å². The van der Waals surface area contributed by atoms with Gasteiger partial charge >= 0.3 is 0 Å². The number of benzene rings is 1. The standard InChI is InChI=1S/C13H18BrNO2/c1-3-11(14)13(16)15-12-7-5-4-6-10(12)8-9-17-2/h4-7,11H,3,8-9H2,1-2H3,(H,15,16). The molecule has 1 amide bonds. The molecule has 4 heteroatoms. The van der Waals surface area contributed by atoms with Crippen LogP contribution in [0, 0.1) is 0 Å². The van der Waals surface area contributed by atoms with Gasteiger partial charge in [-0.2, -0.15) is 0 Å². The number of para-hydroxylation sites is 1. The van der Waals surface area contributed by atoms with Crippen molar-refractivity contribution >= 4 is 27.5 Å². The summed E-state index contributed by atoms with van der Waals surface area (Å²) in [5.74, 6) is -0.00244. The molecular formula is C13H18BrNO2. The van der Waals surface area contributed by atoms with Gasteiger partial charge in [0.1, 0.15) is 0 Å². The van der Waals surface area contributed by atoms with Gasteiger partial charge in [-0.3, -0.25) is 4.79 Å². The average Bonchev–Trinajstić information content (AvgIpc) is 2.36. The topological polar surface area (TPSA) is 38.3 Å². The van der Waals surface area contributed by atoms with Gasteiger partial charge < -0.3 is 10.1 Å². The largest absolute Gasteiger partial charge is 0.384 e. The lowest BCUT2D eigenvalue weighted by Crippen LogP contribution is -2.22. The van der Waals surface area contributed by atoms with Gasteiger partial charge in [0.15, 0.2) is 0 Å². The Balaban J connectivity index is 2.72. The van der Waals surface area contributed by atoms with Crippen LogP contribution in [0.2, 0.25) is 0 Å². The molecular weight excluding hydrogens is 282 g/mol. The van der Waals surface area contributed by atoms with Gasteiger partial charge in [-0.05, 0) is 24.5 Å². The number of ether oxygens (including phenoxy) is 1. The van der Waals surface area contributed by atoms with Crippen molar-refractivity contribution < 1.29 is 9.53 Å². The zero-order valence-corrected chi connectivity index (χ0v) is 11.8. The minimum absolute atomic E-state index is 0.00244. The van der Waals surface area contributed by atoms with E-state index in [1.807, 2.05) is 31.2 Å². The molecule has 94 valence electrons. The predicted molar refractivity (Wildman–Crippen MR) is 73.7 cm³/mol. The van der Waals surface area contributed by atoms with E-state index in [2.05, 4.69) is 21.2 Å². The lowest BCUT2D eigenvalue weighted by molar-refractivity contribution is -0.115. The maximum atomic E-state index is 11.8. The molecule has 0 heterocycles. The molecule has 0 saturated carbocycles. The lowest BCUT2D eigenvalue weighted by Gasteiger charge is -2.12. The summed E-state index contributed by atoms with van der Waals surface area (Å²) in [6, 6.07) is 7.80. The molecule has 0 aromatic heterocycles. The first-order valence-corrected chi connectivity index (χ1v) is 6.62. The quantitative estimate of drug-likeness (QED) is 0.820. The van der Waals surface area contributed by atoms with E-state index in [-0.39, 0.29) is 10.7 Å². The van der Waals surface area contributed by atoms with Gasteiger partial charge in [0.25, 0.3) is 0 Å². The first-order chi connectivity index (χ1) is 8.19. The molecule has 0 aliphatic carbocycles. The SMILES string of the molecule is CCC(Br)C(=O)Nc1ccccc1CCOC. The highest BCUT2D eigenvalue weighted by molar-refractivity contribution is 9.10. The van der Waals surface area contributed by atoms with E-state index in [4.69, 9.17) is 4.74 Å². The Bertz CT molecular complexity index is 368. The number of nitrogens with one attached hydrogen (secondary N) is 1. The summed E-state index contributed by atoms with van der Waals surface area (Å²) in [6.07, 6.45) is 1.57. The normalized spacial score (nSPS) is 12.2. The van der Waals surface area contributed by atoms with Crippen molar-refractivity contribution in [3.63, 3.8) is 0 Å². The minimum Gasteiger partial charge on any atom is -0.384 e. The first kappa shape index (κ1) is 14.2. The number of amides is 1. The molecule has 0 bridgehead atoms. The predicted octanol–water partition coefficient (Wildman–Crippen LogP) is 2.99. The van der Waals surface area contributed by atoms with E-state index in [1.54, 1.807) is 7.11 Å². The minimum atomic E-state index is -0.141. The Morgan fingerprint density at radius 3 is 2.82 bits per heavy atom. The van der Waals surface area contributed by atoms with E-state index in [1.165, 1.54) is 0 Å². The van der Waals surface area contributed by atoms with Gasteiger partial charge in [0.05, 0.1) is 11.4 Å². The highest BCUT2D eigenvalue weighted by atomic mass is 79.9. The van der Waals surface area contributed by atoms with Crippen LogP contribution < -0.4 is 5.32 Å². The summed E-state index contributed by atoms with van der Waals surface area (Å²) in [7, 11) is 1.67. The van der Waals surface area contributed by atoms with E-state index >= 15 is 0 Å². The molecule has 0 spiro atoms. The van der Waals surface area contributed by atoms with Crippen LogP contribution >= 0.6 is 15.9 Å². The van der Waals surface area contributed by atoms with Gasteiger partial charge in [-0.25, -0.2) is 0 Å². The second-order valence-electron chi connectivity index (χ2n) is 3.76. The van der Waals surface area contributed by atoms with Crippen molar-refractivity contribution in [3.05, 3.63) is 29.8 Å². The summed E-state index contributed by atoms with van der Waals surface area (Å²) in [5, 5.41) is 2.93. The fraction of sp³-hybridized carbons (Fsp3) is 0.462. The van der Waals surface area contributed by atoms with Gasteiger partial charge in [-0.15, -0.1) is 0 Å². The number of hydrogen-bond donors (Lipinski definition) is 1. The molecule has 1 N–H and O–H groups in total. The molecule has 0 fully saturated rings. The molecule has 1 atom stereocenters. The lowest BCUT2D eigenvalue weighted by atomic mass is 10.1. The van der Waals surface area contributed by atoms with Gasteiger partial charge in [-0.1, -0.05) is 41.1 Å². The zero-order chi connectivity index (χ0) is 12.7. The van der Waals surface area contributed by atoms with Crippen LogP contribution in [0.1, 0.15) is 18.9 Å². The number of rotatable bonds is 6. The van der Waals surface area contributed by atoms with Crippen molar-refractivity contribution in [2.24, 2.45) is 0 Å². The van der Waals surface area contributed by atoms with Gasteiger partial charge in [0.2, 0.25) is 5.91 Å². The van der Waals surface area contributed by atoms with Crippen molar-refractivity contribution in [1.29, 1.82) is 0 Å². The zero-order valence-electron chi connectivity index (χ0n) is 10.2. The monoisotopic (exact) mass is 299 g/mol. The maximum Gasteiger partial charge on any atom is 0.238 e. The van der Waals surface area contributed by atoms with E-state index in [0.717, 1.165) is 24.1 Å². The fourth-order valence-corrected chi connectivity index (χ4v) is 1.58. The van der Waals surface area contributed by atoms with Crippen LogP contribution in [0.25, 0.3) is 0 Å². The van der Waals surface area contributed by atoms with Crippen LogP contribution in [-0.4, -0.2) is 24.5 Å². The van der Waals surface area contributed by atoms with E-state index in [0.29, 0.717) is 6.61 Å².